The topological polar surface area (TPSA) is 71.8 Å². The maximum atomic E-state index is 11.0. The highest BCUT2D eigenvalue weighted by molar-refractivity contribution is 5.99. The summed E-state index contributed by atoms with van der Waals surface area (Å²) < 4.78 is 0. The number of aliphatic imine (C=N–C) groups is 1. The monoisotopic (exact) mass is 231 g/mol. The van der Waals surface area contributed by atoms with E-state index in [1.165, 1.54) is 6.92 Å². The molecule has 0 radical (unpaired) electrons. The zero-order chi connectivity index (χ0) is 12.8. The van der Waals surface area contributed by atoms with Crippen molar-refractivity contribution in [1.82, 2.24) is 4.98 Å². The molecule has 5 nitrogen and oxygen atoms in total. The average Bonchev–Trinajstić information content (AvgIpc) is 2.37. The van der Waals surface area contributed by atoms with Crippen LogP contribution in [0.5, 0.6) is 0 Å². The van der Waals surface area contributed by atoms with Crippen molar-refractivity contribution < 1.29 is 4.79 Å². The zero-order valence-electron chi connectivity index (χ0n) is 9.97. The number of carbonyl (C=O) groups is 1. The summed E-state index contributed by atoms with van der Waals surface area (Å²) in [5.74, 6) is -0.792. The lowest BCUT2D eigenvalue weighted by molar-refractivity contribution is -0.114. The van der Waals surface area contributed by atoms with E-state index in [2.05, 4.69) is 15.2 Å². The van der Waals surface area contributed by atoms with Crippen LogP contribution in [0.25, 0.3) is 0 Å². The molecule has 0 N–H and O–H groups in total. The molecule has 1 aromatic heterocycles. The highest BCUT2D eigenvalue weighted by Crippen LogP contribution is 2.09. The molecule has 0 fully saturated rings. The quantitative estimate of drug-likeness (QED) is 0.455. The number of rotatable bonds is 3. The van der Waals surface area contributed by atoms with Crippen LogP contribution in [-0.4, -0.2) is 16.6 Å². The molecule has 1 amide bonds. The Kier molecular flexibility index (Phi) is 4.39. The number of allylic oxidation sites excluding steroid dienone is 1. The van der Waals surface area contributed by atoms with Gasteiger partial charge in [-0.2, -0.15) is 0 Å². The maximum absolute atomic E-state index is 11.0. The summed E-state index contributed by atoms with van der Waals surface area (Å²) in [6.07, 6.45) is 1.67. The lowest BCUT2D eigenvalue weighted by Gasteiger charge is -2.01. The van der Waals surface area contributed by atoms with E-state index in [0.717, 1.165) is 5.69 Å². The van der Waals surface area contributed by atoms with Crippen LogP contribution in [0.1, 0.15) is 26.5 Å². The normalized spacial score (nSPS) is 13.0. The highest BCUT2D eigenvalue weighted by atomic mass is 16.3. The number of carbonyl (C=O) groups excluding carboxylic acids is 1. The second-order valence-electron chi connectivity index (χ2n) is 3.52. The number of amides is 1. The van der Waals surface area contributed by atoms with Crippen LogP contribution < -0.4 is 0 Å². The minimum Gasteiger partial charge on any atom is -0.264 e. The summed E-state index contributed by atoms with van der Waals surface area (Å²) >= 11 is 0. The minimum absolute atomic E-state index is 0.246. The predicted octanol–water partition coefficient (Wildman–Crippen LogP) is 2.48. The van der Waals surface area contributed by atoms with Gasteiger partial charge in [0.05, 0.1) is 11.4 Å². The summed E-state index contributed by atoms with van der Waals surface area (Å²) in [4.78, 5) is 29.5. The van der Waals surface area contributed by atoms with Gasteiger partial charge in [0.2, 0.25) is 0 Å². The molecule has 0 aromatic carbocycles. The Labute approximate surface area is 99.3 Å². The Morgan fingerprint density at radius 3 is 2.47 bits per heavy atom. The van der Waals surface area contributed by atoms with Crippen LogP contribution in [-0.2, 0) is 4.79 Å². The Balaban J connectivity index is 3.04. The molecule has 0 unspecified atom stereocenters. The lowest BCUT2D eigenvalue weighted by atomic mass is 10.2. The fraction of sp³-hybridized carbons (Fsp3) is 0.250. The molecule has 1 heterocycles. The fourth-order valence-electron chi connectivity index (χ4n) is 1.19. The van der Waals surface area contributed by atoms with Gasteiger partial charge in [0.25, 0.3) is 0 Å². The molecule has 0 spiro atoms. The average molecular weight is 231 g/mol. The van der Waals surface area contributed by atoms with Gasteiger partial charge >= 0.3 is 5.91 Å². The molecule has 17 heavy (non-hydrogen) atoms. The van der Waals surface area contributed by atoms with Gasteiger partial charge in [-0.25, -0.2) is 0 Å². The zero-order valence-corrected chi connectivity index (χ0v) is 9.97. The first-order valence-corrected chi connectivity index (χ1v) is 5.08. The smallest absolute Gasteiger partial charge is 0.264 e. The SMILES string of the molecule is C/C(=N\C(C)=C(/C)C(=O)N=O)c1ccccn1. The predicted molar refractivity (Wildman–Crippen MR) is 65.6 cm³/mol. The summed E-state index contributed by atoms with van der Waals surface area (Å²) in [7, 11) is 0. The Hall–Kier alpha value is -2.17. The van der Waals surface area contributed by atoms with Gasteiger partial charge in [0.15, 0.2) is 0 Å². The van der Waals surface area contributed by atoms with Crippen molar-refractivity contribution in [1.29, 1.82) is 0 Å². The lowest BCUT2D eigenvalue weighted by Crippen LogP contribution is -2.01. The van der Waals surface area contributed by atoms with Crippen molar-refractivity contribution in [3.8, 4) is 0 Å². The number of hydrogen-bond donors (Lipinski definition) is 0. The van der Waals surface area contributed by atoms with Crippen molar-refractivity contribution in [3.05, 3.63) is 46.3 Å². The van der Waals surface area contributed by atoms with Crippen molar-refractivity contribution in [2.24, 2.45) is 10.2 Å². The molecule has 0 aliphatic rings. The van der Waals surface area contributed by atoms with Crippen LogP contribution in [0, 0.1) is 4.91 Å². The van der Waals surface area contributed by atoms with Crippen LogP contribution in [0.2, 0.25) is 0 Å². The second kappa shape index (κ2) is 5.79. The first-order chi connectivity index (χ1) is 8.06. The third kappa shape index (κ3) is 3.41. The molecule has 1 rings (SSSR count). The molecule has 1 aromatic rings. The van der Waals surface area contributed by atoms with Gasteiger partial charge in [-0.15, -0.1) is 4.91 Å². The molecule has 88 valence electrons. The molecule has 0 aliphatic carbocycles. The van der Waals surface area contributed by atoms with Crippen molar-refractivity contribution in [3.63, 3.8) is 0 Å². The molecular weight excluding hydrogens is 218 g/mol. The van der Waals surface area contributed by atoms with E-state index in [4.69, 9.17) is 0 Å². The van der Waals surface area contributed by atoms with Gasteiger partial charge in [0, 0.05) is 22.6 Å². The number of pyridine rings is 1. The summed E-state index contributed by atoms with van der Waals surface area (Å²) in [6.45, 7) is 4.97. The third-order valence-corrected chi connectivity index (χ3v) is 2.32. The van der Waals surface area contributed by atoms with E-state index in [-0.39, 0.29) is 5.57 Å². The number of nitroso groups, excluding NO2 is 1. The fourth-order valence-corrected chi connectivity index (χ4v) is 1.19. The summed E-state index contributed by atoms with van der Waals surface area (Å²) in [5, 5.41) is 2.36. The first-order valence-electron chi connectivity index (χ1n) is 5.08. The van der Waals surface area contributed by atoms with Crippen LogP contribution >= 0.6 is 0 Å². The van der Waals surface area contributed by atoms with E-state index in [1.807, 2.05) is 18.2 Å². The molecular formula is C12H13N3O2. The standard InChI is InChI=1S/C12H13N3O2/c1-8(12(16)15-17)9(2)14-10(3)11-6-4-5-7-13-11/h4-7H,1-3H3/b9-8+,14-10+. The Morgan fingerprint density at radius 2 is 1.94 bits per heavy atom. The van der Waals surface area contributed by atoms with Crippen LogP contribution in [0.15, 0.2) is 45.8 Å². The van der Waals surface area contributed by atoms with E-state index in [0.29, 0.717) is 11.4 Å². The van der Waals surface area contributed by atoms with Crippen LogP contribution in [0.3, 0.4) is 0 Å². The molecule has 0 aliphatic heterocycles. The minimum atomic E-state index is -0.792. The molecule has 5 heteroatoms. The van der Waals surface area contributed by atoms with Gasteiger partial charge in [-0.05, 0) is 32.9 Å². The molecule has 0 saturated carbocycles. The van der Waals surface area contributed by atoms with E-state index in [9.17, 15) is 9.70 Å². The number of aromatic nitrogens is 1. The van der Waals surface area contributed by atoms with E-state index in [1.54, 1.807) is 20.0 Å². The number of hydrogen-bond acceptors (Lipinski definition) is 4. The van der Waals surface area contributed by atoms with Crippen molar-refractivity contribution in [2.45, 2.75) is 20.8 Å². The maximum Gasteiger partial charge on any atom is 0.314 e. The van der Waals surface area contributed by atoms with Gasteiger partial charge in [0.1, 0.15) is 0 Å². The van der Waals surface area contributed by atoms with Gasteiger partial charge in [-0.1, -0.05) is 6.07 Å². The Morgan fingerprint density at radius 1 is 1.24 bits per heavy atom. The highest BCUT2D eigenvalue weighted by Gasteiger charge is 2.08. The van der Waals surface area contributed by atoms with E-state index >= 15 is 0 Å². The second-order valence-corrected chi connectivity index (χ2v) is 3.52. The molecule has 0 atom stereocenters. The van der Waals surface area contributed by atoms with Crippen LogP contribution in [0.4, 0.5) is 0 Å². The third-order valence-electron chi connectivity index (χ3n) is 2.32. The molecule has 0 saturated heterocycles. The molecule has 0 bridgehead atoms. The summed E-state index contributed by atoms with van der Waals surface area (Å²) in [5.41, 5.74) is 2.13. The largest absolute Gasteiger partial charge is 0.314 e. The van der Waals surface area contributed by atoms with Crippen molar-refractivity contribution in [2.75, 3.05) is 0 Å². The Bertz CT molecular complexity index is 490. The van der Waals surface area contributed by atoms with Crippen molar-refractivity contribution >= 4 is 11.6 Å². The first kappa shape index (κ1) is 12.9. The van der Waals surface area contributed by atoms with Gasteiger partial charge < -0.3 is 0 Å². The van der Waals surface area contributed by atoms with E-state index < -0.39 is 5.91 Å². The van der Waals surface area contributed by atoms with Gasteiger partial charge in [-0.3, -0.25) is 14.8 Å². The summed E-state index contributed by atoms with van der Waals surface area (Å²) in [6, 6.07) is 5.48. The number of nitrogens with zero attached hydrogens (tertiary/aromatic N) is 3.